The number of rotatable bonds is 4. The molecule has 1 fully saturated rings. The molecule has 1 unspecified atom stereocenters. The average Bonchev–Trinajstić information content (AvgIpc) is 2.45. The molecule has 1 aliphatic heterocycles. The van der Waals surface area contributed by atoms with Gasteiger partial charge in [0.15, 0.2) is 0 Å². The molecule has 1 saturated heterocycles. The number of aromatic nitrogens is 1. The quantitative estimate of drug-likeness (QED) is 0.879. The van der Waals surface area contributed by atoms with Gasteiger partial charge in [0.05, 0.1) is 5.56 Å². The zero-order chi connectivity index (χ0) is 12.8. The van der Waals surface area contributed by atoms with Gasteiger partial charge in [0.1, 0.15) is 11.9 Å². The number of hydrogen-bond acceptors (Lipinski definition) is 4. The topological polar surface area (TPSA) is 52.0 Å². The molecule has 1 atom stereocenters. The lowest BCUT2D eigenvalue weighted by molar-refractivity contribution is 0.430. The number of pyridine rings is 1. The standard InChI is InChI=1S/C14H20N4/c1-16-8-7-13-4-2-3-9-18(13)14-6-5-12(10-15)11-17-14/h5-6,11,13,16H,2-4,7-9H2,1H3. The second-order valence-electron chi connectivity index (χ2n) is 4.75. The molecule has 0 aromatic carbocycles. The normalized spacial score (nSPS) is 19.6. The van der Waals surface area contributed by atoms with E-state index in [-0.39, 0.29) is 0 Å². The Kier molecular flexibility index (Phi) is 4.54. The number of nitrogens with zero attached hydrogens (tertiary/aromatic N) is 3. The summed E-state index contributed by atoms with van der Waals surface area (Å²) in [6, 6.07) is 6.51. The Morgan fingerprint density at radius 1 is 1.50 bits per heavy atom. The Morgan fingerprint density at radius 2 is 2.39 bits per heavy atom. The first-order valence-corrected chi connectivity index (χ1v) is 6.62. The van der Waals surface area contributed by atoms with Gasteiger partial charge in [0.25, 0.3) is 0 Å². The number of hydrogen-bond donors (Lipinski definition) is 1. The molecule has 1 N–H and O–H groups in total. The van der Waals surface area contributed by atoms with E-state index >= 15 is 0 Å². The van der Waals surface area contributed by atoms with E-state index in [0.717, 1.165) is 25.3 Å². The molecular formula is C14H20N4. The van der Waals surface area contributed by atoms with Crippen LogP contribution in [0.2, 0.25) is 0 Å². The summed E-state index contributed by atoms with van der Waals surface area (Å²) < 4.78 is 0. The summed E-state index contributed by atoms with van der Waals surface area (Å²) in [6.07, 6.45) is 6.60. The van der Waals surface area contributed by atoms with Crippen molar-refractivity contribution < 1.29 is 0 Å². The second-order valence-corrected chi connectivity index (χ2v) is 4.75. The Hall–Kier alpha value is -1.60. The van der Waals surface area contributed by atoms with Crippen molar-refractivity contribution >= 4 is 5.82 Å². The van der Waals surface area contributed by atoms with Crippen LogP contribution in [0.5, 0.6) is 0 Å². The van der Waals surface area contributed by atoms with E-state index in [1.54, 1.807) is 6.20 Å². The van der Waals surface area contributed by atoms with Crippen molar-refractivity contribution in [3.63, 3.8) is 0 Å². The summed E-state index contributed by atoms with van der Waals surface area (Å²) in [4.78, 5) is 6.81. The lowest BCUT2D eigenvalue weighted by Gasteiger charge is -2.36. The lowest BCUT2D eigenvalue weighted by Crippen LogP contribution is -2.41. The van der Waals surface area contributed by atoms with Gasteiger partial charge in [-0.3, -0.25) is 0 Å². The zero-order valence-corrected chi connectivity index (χ0v) is 10.9. The van der Waals surface area contributed by atoms with Crippen molar-refractivity contribution in [3.8, 4) is 6.07 Å². The first kappa shape index (κ1) is 12.8. The molecule has 0 radical (unpaired) electrons. The molecule has 0 spiro atoms. The Balaban J connectivity index is 2.09. The van der Waals surface area contributed by atoms with E-state index < -0.39 is 0 Å². The minimum absolute atomic E-state index is 0.576. The van der Waals surface area contributed by atoms with Gasteiger partial charge < -0.3 is 10.2 Å². The van der Waals surface area contributed by atoms with Crippen LogP contribution in [0.3, 0.4) is 0 Å². The fourth-order valence-electron chi connectivity index (χ4n) is 2.54. The lowest BCUT2D eigenvalue weighted by atomic mass is 9.99. The molecule has 4 nitrogen and oxygen atoms in total. The predicted molar refractivity (Wildman–Crippen MR) is 72.5 cm³/mol. The molecule has 2 rings (SSSR count). The molecule has 96 valence electrons. The summed E-state index contributed by atoms with van der Waals surface area (Å²) in [5.41, 5.74) is 0.627. The minimum atomic E-state index is 0.576. The van der Waals surface area contributed by atoms with Crippen LogP contribution < -0.4 is 10.2 Å². The Bertz CT molecular complexity index is 407. The minimum Gasteiger partial charge on any atom is -0.354 e. The largest absolute Gasteiger partial charge is 0.354 e. The van der Waals surface area contributed by atoms with Crippen LogP contribution in [0.1, 0.15) is 31.2 Å². The number of nitriles is 1. The van der Waals surface area contributed by atoms with Crippen molar-refractivity contribution in [1.82, 2.24) is 10.3 Å². The Labute approximate surface area is 109 Å². The fourth-order valence-corrected chi connectivity index (χ4v) is 2.54. The summed E-state index contributed by atoms with van der Waals surface area (Å²) in [5.74, 6) is 1.01. The van der Waals surface area contributed by atoms with Crippen LogP contribution >= 0.6 is 0 Å². The third kappa shape index (κ3) is 2.99. The van der Waals surface area contributed by atoms with Crippen LogP contribution in [-0.2, 0) is 0 Å². The number of piperidine rings is 1. The highest BCUT2D eigenvalue weighted by Gasteiger charge is 2.22. The summed E-state index contributed by atoms with van der Waals surface area (Å²) in [7, 11) is 1.99. The maximum absolute atomic E-state index is 8.80. The van der Waals surface area contributed by atoms with Crippen molar-refractivity contribution in [2.75, 3.05) is 25.0 Å². The van der Waals surface area contributed by atoms with Gasteiger partial charge in [-0.05, 0) is 51.4 Å². The van der Waals surface area contributed by atoms with Gasteiger partial charge >= 0.3 is 0 Å². The number of anilines is 1. The maximum Gasteiger partial charge on any atom is 0.128 e. The maximum atomic E-state index is 8.80. The van der Waals surface area contributed by atoms with Crippen LogP contribution in [0.4, 0.5) is 5.82 Å². The molecule has 2 heterocycles. The van der Waals surface area contributed by atoms with Crippen molar-refractivity contribution in [2.45, 2.75) is 31.7 Å². The molecule has 18 heavy (non-hydrogen) atoms. The van der Waals surface area contributed by atoms with Crippen LogP contribution in [0, 0.1) is 11.3 Å². The molecule has 1 aromatic heterocycles. The van der Waals surface area contributed by atoms with E-state index in [1.165, 1.54) is 19.3 Å². The fraction of sp³-hybridized carbons (Fsp3) is 0.571. The second kappa shape index (κ2) is 6.36. The molecule has 1 aromatic rings. The predicted octanol–water partition coefficient (Wildman–Crippen LogP) is 1.92. The molecule has 0 aliphatic carbocycles. The van der Waals surface area contributed by atoms with E-state index in [1.807, 2.05) is 19.2 Å². The van der Waals surface area contributed by atoms with E-state index in [2.05, 4.69) is 21.3 Å². The van der Waals surface area contributed by atoms with E-state index in [4.69, 9.17) is 5.26 Å². The van der Waals surface area contributed by atoms with Gasteiger partial charge in [0.2, 0.25) is 0 Å². The third-order valence-corrected chi connectivity index (χ3v) is 3.53. The third-order valence-electron chi connectivity index (χ3n) is 3.53. The van der Waals surface area contributed by atoms with Crippen LogP contribution in [-0.4, -0.2) is 31.2 Å². The molecule has 4 heteroatoms. The van der Waals surface area contributed by atoms with Gasteiger partial charge in [-0.15, -0.1) is 0 Å². The highest BCUT2D eigenvalue weighted by Crippen LogP contribution is 2.24. The van der Waals surface area contributed by atoms with Crippen LogP contribution in [0.15, 0.2) is 18.3 Å². The van der Waals surface area contributed by atoms with Gasteiger partial charge in [-0.1, -0.05) is 0 Å². The number of nitrogens with one attached hydrogen (secondary N) is 1. The highest BCUT2D eigenvalue weighted by molar-refractivity contribution is 5.43. The average molecular weight is 244 g/mol. The van der Waals surface area contributed by atoms with Crippen molar-refractivity contribution in [3.05, 3.63) is 23.9 Å². The van der Waals surface area contributed by atoms with Crippen molar-refractivity contribution in [2.24, 2.45) is 0 Å². The van der Waals surface area contributed by atoms with Gasteiger partial charge in [0, 0.05) is 18.8 Å². The summed E-state index contributed by atoms with van der Waals surface area (Å²) >= 11 is 0. The zero-order valence-electron chi connectivity index (χ0n) is 10.9. The molecule has 0 bridgehead atoms. The van der Waals surface area contributed by atoms with Crippen molar-refractivity contribution in [1.29, 1.82) is 5.26 Å². The molecule has 1 aliphatic rings. The van der Waals surface area contributed by atoms with E-state index in [0.29, 0.717) is 11.6 Å². The summed E-state index contributed by atoms with van der Waals surface area (Å²) in [6.45, 7) is 2.12. The van der Waals surface area contributed by atoms with Crippen LogP contribution in [0.25, 0.3) is 0 Å². The SMILES string of the molecule is CNCCC1CCCCN1c1ccc(C#N)cn1. The van der Waals surface area contributed by atoms with Gasteiger partial charge in [-0.25, -0.2) is 4.98 Å². The first-order chi connectivity index (χ1) is 8.85. The highest BCUT2D eigenvalue weighted by atomic mass is 15.2. The molecule has 0 saturated carbocycles. The molecular weight excluding hydrogens is 224 g/mol. The smallest absolute Gasteiger partial charge is 0.128 e. The Morgan fingerprint density at radius 3 is 3.06 bits per heavy atom. The monoisotopic (exact) mass is 244 g/mol. The first-order valence-electron chi connectivity index (χ1n) is 6.62. The summed E-state index contributed by atoms with van der Waals surface area (Å²) in [5, 5.41) is 12.0. The van der Waals surface area contributed by atoms with Gasteiger partial charge in [-0.2, -0.15) is 5.26 Å². The van der Waals surface area contributed by atoms with E-state index in [9.17, 15) is 0 Å². The molecule has 0 amide bonds.